The molecule has 0 amide bonds. The molecule has 1 saturated carbocycles. The van der Waals surface area contributed by atoms with E-state index in [9.17, 15) is 0 Å². The molecule has 84 valence electrons. The quantitative estimate of drug-likeness (QED) is 0.626. The van der Waals surface area contributed by atoms with Gasteiger partial charge in [-0.3, -0.25) is 0 Å². The Morgan fingerprint density at radius 3 is 1.86 bits per heavy atom. The second kappa shape index (κ2) is 3.34. The molecule has 2 heteroatoms. The maximum atomic E-state index is 6.31. The molecule has 0 N–H and O–H groups in total. The van der Waals surface area contributed by atoms with Gasteiger partial charge in [0.15, 0.2) is 8.32 Å². The predicted octanol–water partition coefficient (Wildman–Crippen LogP) is 4.20. The van der Waals surface area contributed by atoms with Crippen molar-refractivity contribution >= 4 is 8.32 Å². The van der Waals surface area contributed by atoms with Crippen LogP contribution in [0, 0.1) is 5.41 Å². The van der Waals surface area contributed by atoms with Crippen molar-refractivity contribution < 1.29 is 4.43 Å². The van der Waals surface area contributed by atoms with Crippen molar-refractivity contribution in [3.05, 3.63) is 0 Å². The van der Waals surface area contributed by atoms with E-state index in [0.29, 0.717) is 16.6 Å². The Morgan fingerprint density at radius 1 is 1.14 bits per heavy atom. The largest absolute Gasteiger partial charge is 0.414 e. The highest BCUT2D eigenvalue weighted by Crippen LogP contribution is 2.46. The molecule has 1 nitrogen and oxygen atoms in total. The summed E-state index contributed by atoms with van der Waals surface area (Å²) < 4.78 is 6.31. The fourth-order valence-corrected chi connectivity index (χ4v) is 3.20. The Hall–Kier alpha value is 0.177. The Labute approximate surface area is 90.4 Å². The van der Waals surface area contributed by atoms with Crippen molar-refractivity contribution in [3.63, 3.8) is 0 Å². The fourth-order valence-electron chi connectivity index (χ4n) is 1.85. The van der Waals surface area contributed by atoms with Crippen LogP contribution in [0.5, 0.6) is 0 Å². The van der Waals surface area contributed by atoms with Crippen LogP contribution in [0.25, 0.3) is 0 Å². The van der Waals surface area contributed by atoms with E-state index in [2.05, 4.69) is 47.7 Å². The molecule has 0 radical (unpaired) electrons. The molecule has 1 rings (SSSR count). The van der Waals surface area contributed by atoms with Crippen LogP contribution in [0.15, 0.2) is 0 Å². The van der Waals surface area contributed by atoms with Gasteiger partial charge < -0.3 is 4.43 Å². The Kier molecular flexibility index (Phi) is 2.92. The van der Waals surface area contributed by atoms with E-state index in [4.69, 9.17) is 4.43 Å². The summed E-state index contributed by atoms with van der Waals surface area (Å²) in [4.78, 5) is 0. The fraction of sp³-hybridized carbons (Fsp3) is 1.00. The SMILES string of the molecule is CC1(C)CC(O[Si](C)(C)C(C)(C)C)C1. The average Bonchev–Trinajstić information content (AvgIpc) is 1.78. The molecule has 0 aromatic rings. The lowest BCUT2D eigenvalue weighted by Gasteiger charge is -2.48. The smallest absolute Gasteiger partial charge is 0.192 e. The zero-order valence-corrected chi connectivity index (χ0v) is 11.9. The van der Waals surface area contributed by atoms with Gasteiger partial charge in [-0.05, 0) is 36.4 Å². The van der Waals surface area contributed by atoms with Gasteiger partial charge in [0.2, 0.25) is 0 Å². The first kappa shape index (κ1) is 12.2. The Morgan fingerprint density at radius 2 is 1.57 bits per heavy atom. The summed E-state index contributed by atoms with van der Waals surface area (Å²) in [5.41, 5.74) is 0.535. The maximum absolute atomic E-state index is 6.31. The van der Waals surface area contributed by atoms with Crippen molar-refractivity contribution in [3.8, 4) is 0 Å². The minimum absolute atomic E-state index is 0.354. The second-order valence-electron chi connectivity index (χ2n) is 7.07. The van der Waals surface area contributed by atoms with E-state index in [-0.39, 0.29) is 0 Å². The predicted molar refractivity (Wildman–Crippen MR) is 65.1 cm³/mol. The number of hydrogen-bond acceptors (Lipinski definition) is 1. The highest BCUT2D eigenvalue weighted by atomic mass is 28.4. The molecule has 0 atom stereocenters. The van der Waals surface area contributed by atoms with Crippen molar-refractivity contribution in [2.24, 2.45) is 5.41 Å². The van der Waals surface area contributed by atoms with Crippen LogP contribution in [-0.4, -0.2) is 14.4 Å². The van der Waals surface area contributed by atoms with Gasteiger partial charge in [-0.15, -0.1) is 0 Å². The van der Waals surface area contributed by atoms with Crippen LogP contribution in [0.4, 0.5) is 0 Å². The maximum Gasteiger partial charge on any atom is 0.192 e. The molecule has 0 aliphatic heterocycles. The van der Waals surface area contributed by atoms with Gasteiger partial charge in [-0.25, -0.2) is 0 Å². The zero-order chi connectivity index (χ0) is 11.2. The molecule has 0 bridgehead atoms. The second-order valence-corrected chi connectivity index (χ2v) is 11.8. The molecular weight excluding hydrogens is 188 g/mol. The van der Waals surface area contributed by atoms with Gasteiger partial charge in [0.1, 0.15) is 0 Å². The zero-order valence-electron chi connectivity index (χ0n) is 10.9. The third kappa shape index (κ3) is 2.60. The Bertz CT molecular complexity index is 205. The van der Waals surface area contributed by atoms with Crippen LogP contribution in [-0.2, 0) is 4.43 Å². The summed E-state index contributed by atoms with van der Waals surface area (Å²) in [6, 6.07) is 0. The molecule has 1 aliphatic carbocycles. The minimum atomic E-state index is -1.50. The molecular formula is C12H26OSi. The van der Waals surface area contributed by atoms with Crippen molar-refractivity contribution in [1.29, 1.82) is 0 Å². The third-order valence-electron chi connectivity index (χ3n) is 3.83. The number of rotatable bonds is 2. The first-order chi connectivity index (χ1) is 6.04. The first-order valence-electron chi connectivity index (χ1n) is 5.71. The van der Waals surface area contributed by atoms with Crippen LogP contribution < -0.4 is 0 Å². The lowest BCUT2D eigenvalue weighted by atomic mass is 9.70. The van der Waals surface area contributed by atoms with Crippen LogP contribution >= 0.6 is 0 Å². The van der Waals surface area contributed by atoms with Gasteiger partial charge in [-0.1, -0.05) is 34.6 Å². The number of hydrogen-bond donors (Lipinski definition) is 0. The summed E-state index contributed by atoms with van der Waals surface area (Å²) in [7, 11) is -1.50. The van der Waals surface area contributed by atoms with Crippen molar-refractivity contribution in [2.45, 2.75) is 71.7 Å². The summed E-state index contributed by atoms with van der Waals surface area (Å²) in [5.74, 6) is 0. The molecule has 0 heterocycles. The first-order valence-corrected chi connectivity index (χ1v) is 8.62. The molecule has 1 fully saturated rings. The van der Waals surface area contributed by atoms with Gasteiger partial charge in [0, 0.05) is 6.10 Å². The highest BCUT2D eigenvalue weighted by Gasteiger charge is 2.44. The third-order valence-corrected chi connectivity index (χ3v) is 8.36. The van der Waals surface area contributed by atoms with Crippen LogP contribution in [0.2, 0.25) is 18.1 Å². The van der Waals surface area contributed by atoms with Gasteiger partial charge >= 0.3 is 0 Å². The van der Waals surface area contributed by atoms with E-state index < -0.39 is 8.32 Å². The monoisotopic (exact) mass is 214 g/mol. The van der Waals surface area contributed by atoms with Crippen LogP contribution in [0.1, 0.15) is 47.5 Å². The topological polar surface area (TPSA) is 9.23 Å². The lowest BCUT2D eigenvalue weighted by molar-refractivity contribution is 0.00105. The molecule has 14 heavy (non-hydrogen) atoms. The van der Waals surface area contributed by atoms with E-state index >= 15 is 0 Å². The van der Waals surface area contributed by atoms with Crippen LogP contribution in [0.3, 0.4) is 0 Å². The summed E-state index contributed by atoms with van der Waals surface area (Å²) in [6.45, 7) is 16.3. The van der Waals surface area contributed by atoms with E-state index in [1.807, 2.05) is 0 Å². The molecule has 0 spiro atoms. The van der Waals surface area contributed by atoms with Crippen molar-refractivity contribution in [1.82, 2.24) is 0 Å². The standard InChI is InChI=1S/C12H26OSi/c1-11(2,3)14(6,7)13-10-8-12(4,5)9-10/h10H,8-9H2,1-7H3. The van der Waals surface area contributed by atoms with E-state index in [1.165, 1.54) is 12.8 Å². The van der Waals surface area contributed by atoms with E-state index in [1.54, 1.807) is 0 Å². The molecule has 0 aromatic carbocycles. The molecule has 0 saturated heterocycles. The molecule has 0 unspecified atom stereocenters. The van der Waals surface area contributed by atoms with Gasteiger partial charge in [0.25, 0.3) is 0 Å². The normalized spacial score (nSPS) is 23.4. The van der Waals surface area contributed by atoms with Gasteiger partial charge in [-0.2, -0.15) is 0 Å². The average molecular weight is 214 g/mol. The summed E-state index contributed by atoms with van der Waals surface area (Å²) in [6.07, 6.45) is 3.05. The van der Waals surface area contributed by atoms with Gasteiger partial charge in [0.05, 0.1) is 0 Å². The highest BCUT2D eigenvalue weighted by molar-refractivity contribution is 6.74. The Balaban J connectivity index is 2.46. The van der Waals surface area contributed by atoms with Crippen molar-refractivity contribution in [2.75, 3.05) is 0 Å². The molecule has 1 aliphatic rings. The lowest BCUT2D eigenvalue weighted by Crippen LogP contribution is -2.49. The summed E-state index contributed by atoms with van der Waals surface area (Å²) in [5, 5.41) is 0.354. The molecule has 0 aromatic heterocycles. The summed E-state index contributed by atoms with van der Waals surface area (Å²) >= 11 is 0. The van der Waals surface area contributed by atoms with E-state index in [0.717, 1.165) is 0 Å². The minimum Gasteiger partial charge on any atom is -0.414 e.